The van der Waals surface area contributed by atoms with E-state index in [2.05, 4.69) is 58.5 Å². The molecule has 1 aliphatic heterocycles. The van der Waals surface area contributed by atoms with Crippen LogP contribution in [0.1, 0.15) is 33.7 Å². The van der Waals surface area contributed by atoms with Crippen LogP contribution in [0.5, 0.6) is 0 Å². The monoisotopic (exact) mass is 593 g/mol. The summed E-state index contributed by atoms with van der Waals surface area (Å²) in [4.78, 5) is 25.3. The normalized spacial score (nSPS) is 13.3. The second-order valence-corrected chi connectivity index (χ2v) is 10.5. The van der Waals surface area contributed by atoms with E-state index in [-0.39, 0.29) is 30.7 Å². The third kappa shape index (κ3) is 7.13. The van der Waals surface area contributed by atoms with Gasteiger partial charge in [-0.15, -0.1) is 24.8 Å². The molecule has 5 rings (SSSR count). The SMILES string of the molecule is Cc1cccc(N2CCN(CCCN(C)C(=O)c3nc(-c4ccccc4)n(-c4ccccc4)c3C)CC2)c1C.Cl.Cl. The van der Waals surface area contributed by atoms with Gasteiger partial charge in [-0.05, 0) is 63.1 Å². The van der Waals surface area contributed by atoms with Crippen LogP contribution >= 0.6 is 24.8 Å². The fourth-order valence-electron chi connectivity index (χ4n) is 5.48. The average molecular weight is 595 g/mol. The van der Waals surface area contributed by atoms with Crippen LogP contribution in [0, 0.1) is 20.8 Å². The molecule has 0 radical (unpaired) electrons. The lowest BCUT2D eigenvalue weighted by atomic mass is 10.1. The van der Waals surface area contributed by atoms with E-state index in [1.54, 1.807) is 0 Å². The highest BCUT2D eigenvalue weighted by atomic mass is 35.5. The number of benzene rings is 3. The van der Waals surface area contributed by atoms with Gasteiger partial charge < -0.3 is 9.80 Å². The molecule has 8 heteroatoms. The maximum atomic E-state index is 13.6. The van der Waals surface area contributed by atoms with Gasteiger partial charge in [-0.25, -0.2) is 4.98 Å². The van der Waals surface area contributed by atoms with Crippen LogP contribution < -0.4 is 4.90 Å². The number of anilines is 1. The first-order valence-corrected chi connectivity index (χ1v) is 13.9. The van der Waals surface area contributed by atoms with Crippen molar-refractivity contribution in [1.29, 1.82) is 0 Å². The Labute approximate surface area is 256 Å². The Hall–Kier alpha value is -3.32. The van der Waals surface area contributed by atoms with Crippen molar-refractivity contribution in [1.82, 2.24) is 19.4 Å². The van der Waals surface area contributed by atoms with Crippen molar-refractivity contribution >= 4 is 36.4 Å². The highest BCUT2D eigenvalue weighted by Gasteiger charge is 2.24. The first-order chi connectivity index (χ1) is 18.9. The number of rotatable bonds is 8. The van der Waals surface area contributed by atoms with Gasteiger partial charge in [0.25, 0.3) is 5.91 Å². The van der Waals surface area contributed by atoms with Crippen LogP contribution in [-0.2, 0) is 0 Å². The number of para-hydroxylation sites is 1. The first kappa shape index (κ1) is 32.2. The summed E-state index contributed by atoms with van der Waals surface area (Å²) in [6, 6.07) is 26.8. The Balaban J connectivity index is 0.00000231. The van der Waals surface area contributed by atoms with Crippen LogP contribution in [0.15, 0.2) is 78.9 Å². The highest BCUT2D eigenvalue weighted by Crippen LogP contribution is 2.27. The standard InChI is InChI=1S/C33H39N5O.2ClH/c1-25-13-11-18-30(26(25)2)37-23-21-36(22-24-37)20-12-19-35(4)33(39)31-27(3)38(29-16-9-6-10-17-29)32(34-31)28-14-7-5-8-15-28;;/h5-11,13-18H,12,19-24H2,1-4H3;2*1H. The molecule has 218 valence electrons. The van der Waals surface area contributed by atoms with Crippen molar-refractivity contribution in [3.05, 3.63) is 101 Å². The molecule has 4 aromatic rings. The van der Waals surface area contributed by atoms with Gasteiger partial charge in [0.1, 0.15) is 11.5 Å². The molecule has 1 aliphatic rings. The molecular formula is C33H41Cl2N5O. The molecule has 0 saturated carbocycles. The first-order valence-electron chi connectivity index (χ1n) is 13.9. The van der Waals surface area contributed by atoms with Crippen molar-refractivity contribution < 1.29 is 4.79 Å². The second-order valence-electron chi connectivity index (χ2n) is 10.5. The number of aryl methyl sites for hydroxylation is 1. The quantitative estimate of drug-likeness (QED) is 0.231. The molecule has 0 atom stereocenters. The number of carbonyl (C=O) groups excluding carboxylic acids is 1. The largest absolute Gasteiger partial charge is 0.369 e. The van der Waals surface area contributed by atoms with Crippen molar-refractivity contribution in [3.8, 4) is 17.1 Å². The van der Waals surface area contributed by atoms with Gasteiger partial charge in [-0.2, -0.15) is 0 Å². The van der Waals surface area contributed by atoms with E-state index < -0.39 is 0 Å². The van der Waals surface area contributed by atoms with E-state index >= 15 is 0 Å². The van der Waals surface area contributed by atoms with Crippen LogP contribution in [0.4, 0.5) is 5.69 Å². The summed E-state index contributed by atoms with van der Waals surface area (Å²) in [6.07, 6.45) is 0.940. The summed E-state index contributed by atoms with van der Waals surface area (Å²) in [7, 11) is 1.89. The summed E-state index contributed by atoms with van der Waals surface area (Å²) < 4.78 is 2.09. The Kier molecular flexibility index (Phi) is 11.4. The van der Waals surface area contributed by atoms with Gasteiger partial charge in [0.15, 0.2) is 0 Å². The molecule has 2 heterocycles. The topological polar surface area (TPSA) is 44.6 Å². The van der Waals surface area contributed by atoms with Gasteiger partial charge in [0.2, 0.25) is 0 Å². The number of carbonyl (C=O) groups is 1. The van der Waals surface area contributed by atoms with Gasteiger partial charge in [0.05, 0.1) is 5.69 Å². The van der Waals surface area contributed by atoms with E-state index in [0.29, 0.717) is 12.2 Å². The van der Waals surface area contributed by atoms with Gasteiger partial charge in [-0.1, -0.05) is 60.7 Å². The smallest absolute Gasteiger partial charge is 0.274 e. The molecule has 0 unspecified atom stereocenters. The maximum absolute atomic E-state index is 13.6. The number of aromatic nitrogens is 2. The average Bonchev–Trinajstić information content (AvgIpc) is 3.32. The molecule has 0 bridgehead atoms. The number of amides is 1. The minimum atomic E-state index is -0.0286. The maximum Gasteiger partial charge on any atom is 0.274 e. The zero-order valence-electron chi connectivity index (χ0n) is 24.4. The third-order valence-corrected chi connectivity index (χ3v) is 7.96. The lowest BCUT2D eigenvalue weighted by Gasteiger charge is -2.37. The fourth-order valence-corrected chi connectivity index (χ4v) is 5.48. The molecule has 1 fully saturated rings. The van der Waals surface area contributed by atoms with E-state index in [0.717, 1.165) is 61.9 Å². The Morgan fingerprint density at radius 2 is 1.46 bits per heavy atom. The lowest BCUT2D eigenvalue weighted by Crippen LogP contribution is -2.47. The molecule has 41 heavy (non-hydrogen) atoms. The van der Waals surface area contributed by atoms with E-state index in [9.17, 15) is 4.79 Å². The van der Waals surface area contributed by atoms with E-state index in [1.165, 1.54) is 16.8 Å². The zero-order chi connectivity index (χ0) is 27.4. The Morgan fingerprint density at radius 1 is 0.829 bits per heavy atom. The molecule has 0 aliphatic carbocycles. The number of imidazole rings is 1. The van der Waals surface area contributed by atoms with Gasteiger partial charge in [0, 0.05) is 56.7 Å². The third-order valence-electron chi connectivity index (χ3n) is 7.96. The molecule has 1 amide bonds. The molecule has 6 nitrogen and oxygen atoms in total. The molecule has 0 N–H and O–H groups in total. The molecule has 0 spiro atoms. The van der Waals surface area contributed by atoms with Crippen LogP contribution in [0.25, 0.3) is 17.1 Å². The molecule has 1 saturated heterocycles. The molecular weight excluding hydrogens is 553 g/mol. The van der Waals surface area contributed by atoms with E-state index in [4.69, 9.17) is 4.98 Å². The number of nitrogens with zero attached hydrogens (tertiary/aromatic N) is 5. The summed E-state index contributed by atoms with van der Waals surface area (Å²) >= 11 is 0. The Bertz CT molecular complexity index is 1420. The van der Waals surface area contributed by atoms with Gasteiger partial charge >= 0.3 is 0 Å². The number of hydrogen-bond acceptors (Lipinski definition) is 4. The minimum absolute atomic E-state index is 0. The summed E-state index contributed by atoms with van der Waals surface area (Å²) in [5.74, 6) is 0.761. The Morgan fingerprint density at radius 3 is 2.12 bits per heavy atom. The summed E-state index contributed by atoms with van der Waals surface area (Å²) in [5.41, 5.74) is 7.46. The van der Waals surface area contributed by atoms with Crippen LogP contribution in [-0.4, -0.2) is 71.6 Å². The second kappa shape index (κ2) is 14.5. The van der Waals surface area contributed by atoms with Crippen molar-refractivity contribution in [2.75, 3.05) is 51.2 Å². The number of hydrogen-bond donors (Lipinski definition) is 0. The fraction of sp³-hybridized carbons (Fsp3) is 0.333. The highest BCUT2D eigenvalue weighted by molar-refractivity contribution is 5.94. The lowest BCUT2D eigenvalue weighted by molar-refractivity contribution is 0.0782. The van der Waals surface area contributed by atoms with Gasteiger partial charge in [-0.3, -0.25) is 14.3 Å². The van der Waals surface area contributed by atoms with Crippen LogP contribution in [0.2, 0.25) is 0 Å². The number of halogens is 2. The summed E-state index contributed by atoms with van der Waals surface area (Å²) in [6.45, 7) is 12.3. The van der Waals surface area contributed by atoms with Crippen molar-refractivity contribution in [3.63, 3.8) is 0 Å². The number of piperazine rings is 1. The molecule has 1 aromatic heterocycles. The minimum Gasteiger partial charge on any atom is -0.369 e. The predicted octanol–water partition coefficient (Wildman–Crippen LogP) is 6.59. The zero-order valence-corrected chi connectivity index (χ0v) is 26.0. The summed E-state index contributed by atoms with van der Waals surface area (Å²) in [5, 5.41) is 0. The van der Waals surface area contributed by atoms with Crippen molar-refractivity contribution in [2.45, 2.75) is 27.2 Å². The predicted molar refractivity (Wildman–Crippen MR) is 174 cm³/mol. The van der Waals surface area contributed by atoms with Crippen LogP contribution in [0.3, 0.4) is 0 Å². The van der Waals surface area contributed by atoms with Crippen molar-refractivity contribution in [2.24, 2.45) is 0 Å². The molecule has 3 aromatic carbocycles. The van der Waals surface area contributed by atoms with E-state index in [1.807, 2.05) is 67.4 Å².